The molecule has 0 spiro atoms. The van der Waals surface area contributed by atoms with Crippen LogP contribution in [0.4, 0.5) is 0 Å². The number of hydrogen-bond donors (Lipinski definition) is 1. The van der Waals surface area contributed by atoms with Crippen molar-refractivity contribution in [2.24, 2.45) is 34.5 Å². The lowest BCUT2D eigenvalue weighted by Crippen LogP contribution is -2.51. The van der Waals surface area contributed by atoms with Gasteiger partial charge >= 0.3 is 0 Å². The molecule has 0 aromatic carbocycles. The predicted octanol–water partition coefficient (Wildman–Crippen LogP) is 4.62. The number of hydrogen-bond acceptors (Lipinski definition) is 2. The number of aliphatic hydroxyl groups excluding tert-OH is 1. The Hall–Kier alpha value is 0.360. The number of carbonyl (C=O) groups excluding carboxylic acids is 1. The third kappa shape index (κ3) is 2.49. The molecule has 0 heterocycles. The van der Waals surface area contributed by atoms with Gasteiger partial charge in [0, 0.05) is 22.4 Å². The highest BCUT2D eigenvalue weighted by Gasteiger charge is 2.57. The van der Waals surface area contributed by atoms with Crippen molar-refractivity contribution < 1.29 is 9.90 Å². The molecule has 7 atom stereocenters. The van der Waals surface area contributed by atoms with Gasteiger partial charge in [0.05, 0.1) is 0 Å². The van der Waals surface area contributed by atoms with Crippen LogP contribution < -0.4 is 0 Å². The van der Waals surface area contributed by atoms with Crippen LogP contribution in [0.15, 0.2) is 0 Å². The van der Waals surface area contributed by atoms with E-state index in [1.165, 1.54) is 25.7 Å². The van der Waals surface area contributed by atoms with E-state index >= 15 is 0 Å². The molecule has 3 fully saturated rings. The van der Waals surface area contributed by atoms with Crippen molar-refractivity contribution in [3.63, 3.8) is 0 Å². The molecule has 0 aliphatic heterocycles. The first-order valence-electron chi connectivity index (χ1n) is 9.11. The van der Waals surface area contributed by atoms with Crippen molar-refractivity contribution in [3.8, 4) is 0 Å². The first kappa shape index (κ1) is 17.2. The van der Waals surface area contributed by atoms with Gasteiger partial charge < -0.3 is 5.11 Å². The average molecular weight is 418 g/mol. The van der Waals surface area contributed by atoms with E-state index in [0.717, 1.165) is 25.2 Å². The molecule has 2 nitrogen and oxygen atoms in total. The van der Waals surface area contributed by atoms with Gasteiger partial charge in [0.1, 0.15) is 5.78 Å². The number of Topliss-reactive ketones (excluding diaryl/α,β-unsaturated/α-hetero) is 1. The Morgan fingerprint density at radius 3 is 2.59 bits per heavy atom. The molecule has 0 bridgehead atoms. The Labute approximate surface area is 149 Å². The molecule has 22 heavy (non-hydrogen) atoms. The standard InChI is InChI=1S/C19H31IO2/c1-12-6-8-18(2,13(10-12)11-21)15-7-9-19(3)14(17(15)20)4-5-16(19)22/h12-15,17,21H,4-11H2,1-3H3/t12-,13+,14?,15?,17?,18-,19-/m0/s1. The minimum atomic E-state index is -0.0462. The van der Waals surface area contributed by atoms with Crippen molar-refractivity contribution in [3.05, 3.63) is 0 Å². The zero-order valence-electron chi connectivity index (χ0n) is 14.3. The van der Waals surface area contributed by atoms with Crippen LogP contribution in [0.2, 0.25) is 0 Å². The Balaban J connectivity index is 1.85. The summed E-state index contributed by atoms with van der Waals surface area (Å²) in [6.45, 7) is 7.33. The maximum Gasteiger partial charge on any atom is 0.139 e. The van der Waals surface area contributed by atoms with E-state index in [9.17, 15) is 9.90 Å². The molecule has 3 rings (SSSR count). The number of alkyl halides is 1. The molecule has 0 radical (unpaired) electrons. The summed E-state index contributed by atoms with van der Waals surface area (Å²) in [5.41, 5.74) is 0.218. The molecule has 3 aliphatic carbocycles. The lowest BCUT2D eigenvalue weighted by atomic mass is 9.52. The zero-order valence-corrected chi connectivity index (χ0v) is 16.4. The SMILES string of the molecule is C[C@H]1CC[C@](C)(C2CC[C@]3(C)C(=O)CCC3C2I)[C@@H](CO)C1. The Morgan fingerprint density at radius 2 is 1.91 bits per heavy atom. The Kier molecular flexibility index (Phi) is 4.70. The van der Waals surface area contributed by atoms with Crippen molar-refractivity contribution in [2.75, 3.05) is 6.61 Å². The largest absolute Gasteiger partial charge is 0.396 e. The highest BCUT2D eigenvalue weighted by molar-refractivity contribution is 14.1. The van der Waals surface area contributed by atoms with E-state index < -0.39 is 0 Å². The molecule has 3 heteroatoms. The van der Waals surface area contributed by atoms with Crippen LogP contribution in [-0.4, -0.2) is 21.4 Å². The molecular formula is C19H31IO2. The summed E-state index contributed by atoms with van der Waals surface area (Å²) >= 11 is 2.67. The fourth-order valence-corrected chi connectivity index (χ4v) is 8.26. The van der Waals surface area contributed by atoms with Gasteiger partial charge in [-0.1, -0.05) is 49.8 Å². The maximum absolute atomic E-state index is 12.4. The highest BCUT2D eigenvalue weighted by Crippen LogP contribution is 2.61. The summed E-state index contributed by atoms with van der Waals surface area (Å²) in [4.78, 5) is 12.4. The molecule has 0 saturated heterocycles. The van der Waals surface area contributed by atoms with E-state index in [4.69, 9.17) is 0 Å². The Bertz CT molecular complexity index is 451. The fraction of sp³-hybridized carbons (Fsp3) is 0.947. The van der Waals surface area contributed by atoms with Crippen LogP contribution in [0.1, 0.15) is 65.7 Å². The quantitative estimate of drug-likeness (QED) is 0.525. The highest BCUT2D eigenvalue weighted by atomic mass is 127. The molecule has 0 aromatic heterocycles. The van der Waals surface area contributed by atoms with Crippen LogP contribution in [0.3, 0.4) is 0 Å². The molecule has 3 unspecified atom stereocenters. The van der Waals surface area contributed by atoms with Crippen LogP contribution in [-0.2, 0) is 4.79 Å². The van der Waals surface area contributed by atoms with Crippen molar-refractivity contribution >= 4 is 28.4 Å². The molecule has 126 valence electrons. The van der Waals surface area contributed by atoms with E-state index in [1.54, 1.807) is 0 Å². The third-order valence-corrected chi connectivity index (χ3v) is 9.48. The monoisotopic (exact) mass is 418 g/mol. The number of fused-ring (bicyclic) bond motifs is 1. The molecule has 3 saturated carbocycles. The van der Waals surface area contributed by atoms with Gasteiger partial charge in [-0.05, 0) is 61.2 Å². The molecule has 0 amide bonds. The summed E-state index contributed by atoms with van der Waals surface area (Å²) in [5, 5.41) is 9.98. The van der Waals surface area contributed by atoms with Gasteiger partial charge in [-0.3, -0.25) is 4.79 Å². The minimum absolute atomic E-state index is 0.0462. The van der Waals surface area contributed by atoms with Gasteiger partial charge in [-0.25, -0.2) is 0 Å². The summed E-state index contributed by atoms with van der Waals surface area (Å²) in [6, 6.07) is 0. The third-order valence-electron chi connectivity index (χ3n) is 7.74. The minimum Gasteiger partial charge on any atom is -0.396 e. The molecule has 3 aliphatic rings. The molecule has 0 aromatic rings. The van der Waals surface area contributed by atoms with Gasteiger partial charge in [0.25, 0.3) is 0 Å². The van der Waals surface area contributed by atoms with E-state index in [-0.39, 0.29) is 10.8 Å². The zero-order chi connectivity index (χ0) is 16.1. The number of aliphatic hydroxyl groups is 1. The van der Waals surface area contributed by atoms with Crippen molar-refractivity contribution in [2.45, 2.75) is 69.6 Å². The van der Waals surface area contributed by atoms with Crippen molar-refractivity contribution in [1.29, 1.82) is 0 Å². The van der Waals surface area contributed by atoms with Crippen LogP contribution >= 0.6 is 22.6 Å². The fourth-order valence-electron chi connectivity index (χ4n) is 5.93. The summed E-state index contributed by atoms with van der Waals surface area (Å²) < 4.78 is 0.593. The second kappa shape index (κ2) is 6.02. The van der Waals surface area contributed by atoms with E-state index in [2.05, 4.69) is 43.4 Å². The Morgan fingerprint density at radius 1 is 1.18 bits per heavy atom. The summed E-state index contributed by atoms with van der Waals surface area (Å²) in [5.74, 6) is 2.94. The predicted molar refractivity (Wildman–Crippen MR) is 98.1 cm³/mol. The van der Waals surface area contributed by atoms with Gasteiger partial charge in [0.15, 0.2) is 0 Å². The van der Waals surface area contributed by atoms with Crippen LogP contribution in [0, 0.1) is 34.5 Å². The van der Waals surface area contributed by atoms with Gasteiger partial charge in [0.2, 0.25) is 0 Å². The van der Waals surface area contributed by atoms with Crippen LogP contribution in [0.25, 0.3) is 0 Å². The molecule has 1 N–H and O–H groups in total. The summed E-state index contributed by atoms with van der Waals surface area (Å²) in [7, 11) is 0. The smallest absolute Gasteiger partial charge is 0.139 e. The van der Waals surface area contributed by atoms with Crippen molar-refractivity contribution in [1.82, 2.24) is 0 Å². The topological polar surface area (TPSA) is 37.3 Å². The van der Waals surface area contributed by atoms with E-state index in [1.807, 2.05) is 0 Å². The van der Waals surface area contributed by atoms with Gasteiger partial charge in [-0.15, -0.1) is 0 Å². The lowest BCUT2D eigenvalue weighted by molar-refractivity contribution is -0.129. The molecular weight excluding hydrogens is 387 g/mol. The maximum atomic E-state index is 12.4. The number of carbonyl (C=O) groups is 1. The summed E-state index contributed by atoms with van der Waals surface area (Å²) in [6.07, 6.45) is 7.86. The average Bonchev–Trinajstić information content (AvgIpc) is 2.78. The lowest BCUT2D eigenvalue weighted by Gasteiger charge is -2.54. The second-order valence-corrected chi connectivity index (χ2v) is 10.3. The number of ketones is 1. The number of rotatable bonds is 2. The normalized spacial score (nSPS) is 52.6. The number of halogens is 1. The van der Waals surface area contributed by atoms with E-state index in [0.29, 0.717) is 34.1 Å². The second-order valence-electron chi connectivity index (χ2n) is 8.84. The first-order chi connectivity index (χ1) is 10.3. The van der Waals surface area contributed by atoms with Gasteiger partial charge in [-0.2, -0.15) is 0 Å². The first-order valence-corrected chi connectivity index (χ1v) is 10.4. The van der Waals surface area contributed by atoms with Crippen LogP contribution in [0.5, 0.6) is 0 Å².